The molecule has 0 aromatic carbocycles. The number of unbranched alkanes of at least 4 members (excludes halogenated alkanes) is 36. The molecule has 3 atom stereocenters. The van der Waals surface area contributed by atoms with Crippen molar-refractivity contribution >= 4 is 13.7 Å². The molecule has 0 aromatic heterocycles. The molecule has 0 saturated heterocycles. The van der Waals surface area contributed by atoms with Crippen LogP contribution in [0.4, 0.5) is 0 Å². The molecule has 396 valence electrons. The van der Waals surface area contributed by atoms with Crippen molar-refractivity contribution in [2.75, 3.05) is 40.9 Å². The summed E-state index contributed by atoms with van der Waals surface area (Å²) in [4.78, 5) is 23.3. The summed E-state index contributed by atoms with van der Waals surface area (Å²) in [6, 6.07) is -0.849. The highest BCUT2D eigenvalue weighted by Gasteiger charge is 2.27. The molecule has 8 nitrogen and oxygen atoms in total. The number of hydrogen-bond donors (Lipinski definition) is 3. The third-order valence-corrected chi connectivity index (χ3v) is 14.1. The number of likely N-dealkylation sites (N-methyl/N-ethyl adjacent to an activating group) is 1. The number of allylic oxidation sites excluding steroid dienone is 5. The van der Waals surface area contributed by atoms with Crippen LogP contribution in [0, 0.1) is 0 Å². The maximum Gasteiger partial charge on any atom is 0.472 e. The topological polar surface area (TPSA) is 105 Å². The fourth-order valence-electron chi connectivity index (χ4n) is 8.54. The lowest BCUT2D eigenvalue weighted by atomic mass is 10.0. The Hall–Kier alpha value is -1.28. The van der Waals surface area contributed by atoms with Crippen LogP contribution < -0.4 is 5.32 Å². The van der Waals surface area contributed by atoms with Crippen LogP contribution in [-0.4, -0.2) is 73.4 Å². The molecular weight excluding hydrogens is 852 g/mol. The van der Waals surface area contributed by atoms with Gasteiger partial charge in [0.2, 0.25) is 5.91 Å². The van der Waals surface area contributed by atoms with Crippen LogP contribution >= 0.6 is 7.82 Å². The second-order valence-corrected chi connectivity index (χ2v) is 22.5. The van der Waals surface area contributed by atoms with Crippen molar-refractivity contribution in [3.05, 3.63) is 36.5 Å². The predicted molar refractivity (Wildman–Crippen MR) is 291 cm³/mol. The fraction of sp³-hybridized carbons (Fsp3) is 0.879. The van der Waals surface area contributed by atoms with Gasteiger partial charge in [0.15, 0.2) is 0 Å². The van der Waals surface area contributed by atoms with E-state index < -0.39 is 20.0 Å². The van der Waals surface area contributed by atoms with Gasteiger partial charge < -0.3 is 19.8 Å². The third kappa shape index (κ3) is 52.4. The zero-order chi connectivity index (χ0) is 49.2. The Morgan fingerprint density at radius 3 is 1.22 bits per heavy atom. The quantitative estimate of drug-likeness (QED) is 0.0243. The van der Waals surface area contributed by atoms with Gasteiger partial charge >= 0.3 is 7.82 Å². The number of nitrogens with one attached hydrogen (secondary N) is 1. The average molecular weight is 967 g/mol. The number of phosphoric ester groups is 1. The molecule has 3 unspecified atom stereocenters. The summed E-state index contributed by atoms with van der Waals surface area (Å²) in [5.74, 6) is -0.178. The van der Waals surface area contributed by atoms with Gasteiger partial charge in [-0.1, -0.05) is 256 Å². The van der Waals surface area contributed by atoms with Crippen molar-refractivity contribution in [2.45, 2.75) is 289 Å². The zero-order valence-corrected chi connectivity index (χ0v) is 46.0. The highest BCUT2D eigenvalue weighted by Crippen LogP contribution is 2.43. The molecule has 0 saturated carbocycles. The number of phosphoric acid groups is 1. The molecule has 0 aliphatic rings. The van der Waals surface area contributed by atoms with E-state index in [-0.39, 0.29) is 19.1 Å². The lowest BCUT2D eigenvalue weighted by molar-refractivity contribution is -0.870. The van der Waals surface area contributed by atoms with Gasteiger partial charge in [-0.15, -0.1) is 0 Å². The number of rotatable bonds is 53. The minimum atomic E-state index is -4.35. The molecule has 0 heterocycles. The summed E-state index contributed by atoms with van der Waals surface area (Å²) in [6.45, 7) is 4.85. The average Bonchev–Trinajstić information content (AvgIpc) is 3.29. The van der Waals surface area contributed by atoms with Crippen molar-refractivity contribution in [1.82, 2.24) is 5.32 Å². The van der Waals surface area contributed by atoms with E-state index in [1.165, 1.54) is 212 Å². The molecule has 0 fully saturated rings. The first-order valence-corrected chi connectivity index (χ1v) is 30.4. The molecule has 9 heteroatoms. The van der Waals surface area contributed by atoms with Gasteiger partial charge in [-0.05, 0) is 51.4 Å². The standard InChI is InChI=1S/C58H113N2O6P/c1-6-8-10-12-14-16-18-20-22-24-26-28-29-30-31-32-34-36-38-40-42-44-46-48-50-52-58(62)59-56(55-66-67(63,64)65-54-53-60(3,4)5)57(61)51-49-47-45-43-41-39-37-35-33-27-25-23-21-19-17-15-13-11-9-7-2/h26,28,30-31,49,51,56-57,61H,6-25,27,29,32-48,50,52-55H2,1-5H3,(H-,59,62,63,64)/p+1/b28-26-,31-30-,51-49+. The predicted octanol–water partition coefficient (Wildman–Crippen LogP) is 17.4. The molecule has 3 N–H and O–H groups in total. The van der Waals surface area contributed by atoms with E-state index >= 15 is 0 Å². The summed E-state index contributed by atoms with van der Waals surface area (Å²) in [5, 5.41) is 13.9. The van der Waals surface area contributed by atoms with Gasteiger partial charge in [0.1, 0.15) is 13.2 Å². The summed E-state index contributed by atoms with van der Waals surface area (Å²) in [5.41, 5.74) is 0. The molecule has 0 rings (SSSR count). The number of carbonyl (C=O) groups excluding carboxylic acids is 1. The van der Waals surface area contributed by atoms with Crippen LogP contribution in [0.25, 0.3) is 0 Å². The summed E-state index contributed by atoms with van der Waals surface area (Å²) in [6.07, 6.45) is 63.8. The SMILES string of the molecule is CCCCCCCCCCC/C=C\C/C=C\CCCCCCCCCCCC(=O)NC(COP(=O)(O)OCC[N+](C)(C)C)C(O)/C=C/CCCCCCCCCCCCCCCCCCCC. The van der Waals surface area contributed by atoms with Crippen molar-refractivity contribution in [3.63, 3.8) is 0 Å². The number of aliphatic hydroxyl groups is 1. The Labute approximate surface area is 417 Å². The monoisotopic (exact) mass is 966 g/mol. The number of quaternary nitrogens is 1. The van der Waals surface area contributed by atoms with Crippen molar-refractivity contribution in [1.29, 1.82) is 0 Å². The van der Waals surface area contributed by atoms with E-state index in [1.807, 2.05) is 27.2 Å². The van der Waals surface area contributed by atoms with E-state index in [9.17, 15) is 19.4 Å². The van der Waals surface area contributed by atoms with E-state index in [1.54, 1.807) is 6.08 Å². The molecule has 1 amide bonds. The first-order chi connectivity index (χ1) is 32.5. The number of aliphatic hydroxyl groups excluding tert-OH is 1. The van der Waals surface area contributed by atoms with Crippen LogP contribution in [-0.2, 0) is 18.4 Å². The first kappa shape index (κ1) is 65.7. The Kier molecular flexibility index (Phi) is 48.7. The molecule has 0 bridgehead atoms. The summed E-state index contributed by atoms with van der Waals surface area (Å²) in [7, 11) is 1.58. The lowest BCUT2D eigenvalue weighted by Gasteiger charge is -2.25. The van der Waals surface area contributed by atoms with Gasteiger partial charge in [0.05, 0.1) is 39.9 Å². The Morgan fingerprint density at radius 2 is 0.851 bits per heavy atom. The number of hydrogen-bond acceptors (Lipinski definition) is 5. The first-order valence-electron chi connectivity index (χ1n) is 28.9. The van der Waals surface area contributed by atoms with Gasteiger partial charge in [0, 0.05) is 6.42 Å². The Bertz CT molecular complexity index is 1190. The van der Waals surface area contributed by atoms with Crippen LogP contribution in [0.15, 0.2) is 36.5 Å². The minimum absolute atomic E-state index is 0.0610. The molecule has 0 radical (unpaired) electrons. The smallest absolute Gasteiger partial charge is 0.387 e. The molecule has 67 heavy (non-hydrogen) atoms. The van der Waals surface area contributed by atoms with Gasteiger partial charge in [0.25, 0.3) is 0 Å². The molecule has 0 aromatic rings. The Balaban J connectivity index is 4.22. The molecule has 0 aliphatic heterocycles. The highest BCUT2D eigenvalue weighted by molar-refractivity contribution is 7.47. The van der Waals surface area contributed by atoms with Crippen LogP contribution in [0.2, 0.25) is 0 Å². The number of nitrogens with zero attached hydrogens (tertiary/aromatic N) is 1. The second-order valence-electron chi connectivity index (χ2n) is 21.0. The maximum absolute atomic E-state index is 13.0. The second kappa shape index (κ2) is 49.7. The van der Waals surface area contributed by atoms with E-state index in [0.717, 1.165) is 44.9 Å². The van der Waals surface area contributed by atoms with Crippen LogP contribution in [0.1, 0.15) is 277 Å². The van der Waals surface area contributed by atoms with E-state index in [2.05, 4.69) is 43.5 Å². The Morgan fingerprint density at radius 1 is 0.507 bits per heavy atom. The largest absolute Gasteiger partial charge is 0.472 e. The minimum Gasteiger partial charge on any atom is -0.387 e. The van der Waals surface area contributed by atoms with Crippen molar-refractivity contribution in [2.24, 2.45) is 0 Å². The van der Waals surface area contributed by atoms with Crippen molar-refractivity contribution < 1.29 is 32.9 Å². The number of carbonyl (C=O) groups is 1. The lowest BCUT2D eigenvalue weighted by Crippen LogP contribution is -2.45. The van der Waals surface area contributed by atoms with Crippen LogP contribution in [0.3, 0.4) is 0 Å². The van der Waals surface area contributed by atoms with Gasteiger partial charge in [-0.3, -0.25) is 13.8 Å². The molecular formula is C58H114N2O6P+. The van der Waals surface area contributed by atoms with E-state index in [4.69, 9.17) is 9.05 Å². The third-order valence-electron chi connectivity index (χ3n) is 13.1. The highest BCUT2D eigenvalue weighted by atomic mass is 31.2. The fourth-order valence-corrected chi connectivity index (χ4v) is 9.28. The molecule has 0 aliphatic carbocycles. The summed E-state index contributed by atoms with van der Waals surface area (Å²) >= 11 is 0. The van der Waals surface area contributed by atoms with E-state index in [0.29, 0.717) is 17.4 Å². The maximum atomic E-state index is 13.0. The molecule has 0 spiro atoms. The zero-order valence-electron chi connectivity index (χ0n) is 45.2. The summed E-state index contributed by atoms with van der Waals surface area (Å²) < 4.78 is 23.7. The van der Waals surface area contributed by atoms with Crippen LogP contribution in [0.5, 0.6) is 0 Å². The number of amides is 1. The van der Waals surface area contributed by atoms with Gasteiger partial charge in [-0.2, -0.15) is 0 Å². The van der Waals surface area contributed by atoms with Gasteiger partial charge in [-0.25, -0.2) is 4.57 Å². The van der Waals surface area contributed by atoms with Crippen molar-refractivity contribution in [3.8, 4) is 0 Å². The normalized spacial score (nSPS) is 14.2.